The predicted octanol–water partition coefficient (Wildman–Crippen LogP) is 7.42. The number of carbonyl (C=O) groups excluding carboxylic acids is 1. The number of benzene rings is 2. The van der Waals surface area contributed by atoms with Gasteiger partial charge in [0.2, 0.25) is 0 Å². The predicted molar refractivity (Wildman–Crippen MR) is 174 cm³/mol. The van der Waals surface area contributed by atoms with Gasteiger partial charge in [-0.2, -0.15) is 22.0 Å². The summed E-state index contributed by atoms with van der Waals surface area (Å²) in [6, 6.07) is 13.2. The second-order valence-corrected chi connectivity index (χ2v) is 15.9. The molecule has 8 atom stereocenters. The van der Waals surface area contributed by atoms with Crippen molar-refractivity contribution in [1.82, 2.24) is 5.32 Å². The molecule has 0 aliphatic heterocycles. The van der Waals surface area contributed by atoms with Gasteiger partial charge in [-0.25, -0.2) is 9.59 Å². The molecular formula is C36H44F5NO6S. The number of carboxylic acids is 1. The van der Waals surface area contributed by atoms with E-state index in [4.69, 9.17) is 4.74 Å². The van der Waals surface area contributed by atoms with Crippen molar-refractivity contribution in [3.8, 4) is 5.75 Å². The Bertz CT molecular complexity index is 1510. The minimum atomic E-state index is -5.62. The highest BCUT2D eigenvalue weighted by Gasteiger charge is 2.57. The number of hydrogen-bond donors (Lipinski definition) is 3. The van der Waals surface area contributed by atoms with Crippen molar-refractivity contribution in [1.29, 1.82) is 0 Å². The average Bonchev–Trinajstić information content (AvgIpc) is 3.34. The Morgan fingerprint density at radius 3 is 2.45 bits per heavy atom. The van der Waals surface area contributed by atoms with Gasteiger partial charge in [0.1, 0.15) is 11.8 Å². The van der Waals surface area contributed by atoms with Gasteiger partial charge in [-0.05, 0) is 109 Å². The minimum absolute atomic E-state index is 0.0832. The highest BCUT2D eigenvalue weighted by Crippen LogP contribution is 2.62. The summed E-state index contributed by atoms with van der Waals surface area (Å²) in [5, 5.41) is 23.1. The quantitative estimate of drug-likeness (QED) is 0.186. The minimum Gasteiger partial charge on any atom is -0.480 e. The monoisotopic (exact) mass is 713 g/mol. The van der Waals surface area contributed by atoms with Gasteiger partial charge in [-0.1, -0.05) is 43.3 Å². The molecule has 49 heavy (non-hydrogen) atoms. The summed E-state index contributed by atoms with van der Waals surface area (Å²) < 4.78 is 82.2. The molecule has 1 unspecified atom stereocenters. The summed E-state index contributed by atoms with van der Waals surface area (Å²) >= 11 is 0. The van der Waals surface area contributed by atoms with E-state index in [1.54, 1.807) is 36.4 Å². The van der Waals surface area contributed by atoms with E-state index in [-0.39, 0.29) is 52.8 Å². The van der Waals surface area contributed by atoms with Gasteiger partial charge in [-0.3, -0.25) is 4.21 Å². The number of aliphatic hydroxyl groups is 1. The molecule has 0 bridgehead atoms. The van der Waals surface area contributed by atoms with Crippen molar-refractivity contribution < 1.29 is 50.7 Å². The van der Waals surface area contributed by atoms with Gasteiger partial charge in [0.05, 0.1) is 6.10 Å². The molecule has 0 aromatic heterocycles. The number of halogens is 5. The zero-order valence-electron chi connectivity index (χ0n) is 27.4. The van der Waals surface area contributed by atoms with Gasteiger partial charge in [-0.15, -0.1) is 0 Å². The number of ether oxygens (including phenoxy) is 1. The number of nitrogens with one attached hydrogen (secondary N) is 1. The number of hydrogen-bond acceptors (Lipinski definition) is 5. The average molecular weight is 714 g/mol. The van der Waals surface area contributed by atoms with Crippen LogP contribution in [0.25, 0.3) is 0 Å². The van der Waals surface area contributed by atoms with Crippen LogP contribution in [0, 0.1) is 23.2 Å². The molecule has 0 spiro atoms. The van der Waals surface area contributed by atoms with E-state index in [1.165, 1.54) is 0 Å². The van der Waals surface area contributed by atoms with Gasteiger partial charge < -0.3 is 20.3 Å². The number of carboxylic acid groups (broad SMARTS) is 1. The van der Waals surface area contributed by atoms with Crippen molar-refractivity contribution >= 4 is 22.9 Å². The van der Waals surface area contributed by atoms with E-state index < -0.39 is 59.9 Å². The highest BCUT2D eigenvalue weighted by atomic mass is 32.2. The largest absolute Gasteiger partial charge is 0.480 e. The van der Waals surface area contributed by atoms with Gasteiger partial charge >= 0.3 is 24.2 Å². The molecular weight excluding hydrogens is 669 g/mol. The first kappa shape index (κ1) is 37.2. The third-order valence-electron chi connectivity index (χ3n) is 11.1. The Morgan fingerprint density at radius 2 is 1.76 bits per heavy atom. The number of fused-ring (bicyclic) bond motifs is 5. The molecule has 2 aromatic rings. The maximum absolute atomic E-state index is 13.3. The summed E-state index contributed by atoms with van der Waals surface area (Å²) in [4.78, 5) is 24.7. The zero-order chi connectivity index (χ0) is 35.6. The maximum Gasteiger partial charge on any atom is 0.453 e. The van der Waals surface area contributed by atoms with Crippen LogP contribution < -0.4 is 10.1 Å². The van der Waals surface area contributed by atoms with Crippen molar-refractivity contribution in [3.63, 3.8) is 0 Å². The molecule has 0 heterocycles. The van der Waals surface area contributed by atoms with Crippen LogP contribution in [0.3, 0.4) is 0 Å². The fourth-order valence-corrected chi connectivity index (χ4v) is 9.78. The lowest BCUT2D eigenvalue weighted by atomic mass is 9.52. The number of aliphatic hydroxyl groups excluding tert-OH is 1. The maximum atomic E-state index is 13.3. The SMILES string of the molecule is C[C@]12CC[C@@H]3c4ccc(OC(=O)N[C@@H](Cc5ccccc5)C(=O)O)cc4C[C@@H](CCCS(=O)CCCC(F)(F)C(F)(F)F)[C@H]3[C@@H]1CC[C@@H]2O. The third-order valence-corrected chi connectivity index (χ3v) is 12.6. The highest BCUT2D eigenvalue weighted by molar-refractivity contribution is 7.84. The van der Waals surface area contributed by atoms with Gasteiger partial charge in [0, 0.05) is 35.1 Å². The van der Waals surface area contributed by atoms with Crippen molar-refractivity contribution in [2.45, 2.75) is 101 Å². The molecule has 13 heteroatoms. The molecule has 3 aliphatic rings. The number of aliphatic carboxylic acids is 1. The van der Waals surface area contributed by atoms with Crippen LogP contribution in [0.5, 0.6) is 5.75 Å². The van der Waals surface area contributed by atoms with Gasteiger partial charge in [0.25, 0.3) is 0 Å². The molecule has 1 amide bonds. The summed E-state index contributed by atoms with van der Waals surface area (Å²) in [6.07, 6.45) is -3.57. The molecule has 5 rings (SSSR count). The first-order chi connectivity index (χ1) is 23.1. The molecule has 7 nitrogen and oxygen atoms in total. The van der Waals surface area contributed by atoms with Crippen LogP contribution in [0.2, 0.25) is 0 Å². The second-order valence-electron chi connectivity index (χ2n) is 14.2. The van der Waals surface area contributed by atoms with Crippen LogP contribution >= 0.6 is 0 Å². The lowest BCUT2D eigenvalue weighted by Crippen LogP contribution is -2.47. The Morgan fingerprint density at radius 1 is 1.04 bits per heavy atom. The lowest BCUT2D eigenvalue weighted by molar-refractivity contribution is -0.284. The Balaban J connectivity index is 1.26. The van der Waals surface area contributed by atoms with E-state index in [1.807, 2.05) is 12.1 Å². The van der Waals surface area contributed by atoms with E-state index in [0.717, 1.165) is 42.4 Å². The fourth-order valence-electron chi connectivity index (χ4n) is 8.62. The van der Waals surface area contributed by atoms with Crippen LogP contribution in [0.4, 0.5) is 26.7 Å². The van der Waals surface area contributed by atoms with Crippen LogP contribution in [-0.4, -0.2) is 62.2 Å². The van der Waals surface area contributed by atoms with Crippen LogP contribution in [0.1, 0.15) is 80.9 Å². The van der Waals surface area contributed by atoms with Crippen molar-refractivity contribution in [2.24, 2.45) is 23.2 Å². The summed E-state index contributed by atoms with van der Waals surface area (Å²) in [5.41, 5.74) is 2.67. The van der Waals surface area contributed by atoms with E-state index >= 15 is 0 Å². The Labute approximate surface area is 285 Å². The van der Waals surface area contributed by atoms with Gasteiger partial charge in [0.15, 0.2) is 0 Å². The topological polar surface area (TPSA) is 113 Å². The number of carbonyl (C=O) groups is 2. The van der Waals surface area contributed by atoms with Crippen LogP contribution in [0.15, 0.2) is 48.5 Å². The van der Waals surface area contributed by atoms with E-state index in [9.17, 15) is 46.0 Å². The first-order valence-corrected chi connectivity index (χ1v) is 18.4. The van der Waals surface area contributed by atoms with Crippen LogP contribution in [-0.2, 0) is 28.4 Å². The second kappa shape index (κ2) is 15.0. The summed E-state index contributed by atoms with van der Waals surface area (Å²) in [5.74, 6) is -4.92. The zero-order valence-corrected chi connectivity index (χ0v) is 28.2. The van der Waals surface area contributed by atoms with E-state index in [0.29, 0.717) is 19.3 Å². The van der Waals surface area contributed by atoms with Crippen molar-refractivity contribution in [3.05, 3.63) is 65.2 Å². The third kappa shape index (κ3) is 8.46. The molecule has 270 valence electrons. The normalized spacial score (nSPS) is 27.7. The lowest BCUT2D eigenvalue weighted by Gasteiger charge is -2.53. The number of amides is 1. The van der Waals surface area contributed by atoms with E-state index in [2.05, 4.69) is 12.2 Å². The number of alkyl halides is 5. The standard InChI is InChI=1S/C36H44F5NO6S/c1-34-16-14-27-26-11-10-25(48-33(46)42-29(32(44)45)19-22-7-3-2-4-8-22)21-24(26)20-23(31(27)28(34)12-13-30(34)43)9-5-17-49(47)18-6-15-35(37,38)36(39,40)41/h2-4,7-8,10-11,21,23,27-31,43H,5-6,9,12-20H2,1H3,(H,42,46)(H,44,45)/t23-,27-,28+,29+,30+,31-,34+,49?/m1/s1. The Hall–Kier alpha value is -3.06. The summed E-state index contributed by atoms with van der Waals surface area (Å²) in [7, 11) is -1.54. The smallest absolute Gasteiger partial charge is 0.453 e. The molecule has 0 saturated heterocycles. The molecule has 0 radical (unpaired) electrons. The first-order valence-electron chi connectivity index (χ1n) is 16.9. The molecule has 3 N–H and O–H groups in total. The molecule has 2 aromatic carbocycles. The molecule has 3 aliphatic carbocycles. The Kier molecular flexibility index (Phi) is 11.4. The fraction of sp³-hybridized carbons (Fsp3) is 0.611. The summed E-state index contributed by atoms with van der Waals surface area (Å²) in [6.45, 7) is 2.15. The number of rotatable bonds is 13. The molecule has 2 saturated carbocycles. The molecule has 2 fully saturated rings. The van der Waals surface area contributed by atoms with Crippen molar-refractivity contribution in [2.75, 3.05) is 11.5 Å².